The first kappa shape index (κ1) is 10.0. The number of methoxy groups -OCH3 is 1. The van der Waals surface area contributed by atoms with Gasteiger partial charge in [-0.25, -0.2) is 0 Å². The summed E-state index contributed by atoms with van der Waals surface area (Å²) in [6.45, 7) is 5.65. The zero-order chi connectivity index (χ0) is 9.19. The zero-order valence-electron chi connectivity index (χ0n) is 8.76. The molecule has 0 bridgehead atoms. The van der Waals surface area contributed by atoms with Gasteiger partial charge in [0.1, 0.15) is 0 Å². The molecule has 1 aliphatic heterocycles. The quantitative estimate of drug-likeness (QED) is 0.643. The van der Waals surface area contributed by atoms with Gasteiger partial charge in [-0.05, 0) is 39.8 Å². The van der Waals surface area contributed by atoms with Crippen LogP contribution in [0.4, 0.5) is 0 Å². The molecule has 0 radical (unpaired) electrons. The third kappa shape index (κ3) is 1.64. The Morgan fingerprint density at radius 2 is 2.25 bits per heavy atom. The number of nitrogens with zero attached hydrogens (tertiary/aromatic N) is 1. The molecule has 1 rings (SSSR count). The van der Waals surface area contributed by atoms with Crippen LogP contribution in [0.1, 0.15) is 33.1 Å². The third-order valence-corrected chi connectivity index (χ3v) is 3.39. The van der Waals surface area contributed by atoms with Gasteiger partial charge >= 0.3 is 0 Å². The van der Waals surface area contributed by atoms with E-state index in [9.17, 15) is 0 Å². The van der Waals surface area contributed by atoms with Crippen LogP contribution in [0.5, 0.6) is 0 Å². The molecule has 2 nitrogen and oxygen atoms in total. The molecule has 0 spiro atoms. The minimum absolute atomic E-state index is 0.0608. The summed E-state index contributed by atoms with van der Waals surface area (Å²) in [5, 5.41) is 0. The summed E-state index contributed by atoms with van der Waals surface area (Å²) in [6.07, 6.45) is 3.70. The van der Waals surface area contributed by atoms with Gasteiger partial charge in [0, 0.05) is 13.2 Å². The Hall–Kier alpha value is -0.0800. The van der Waals surface area contributed by atoms with Crippen molar-refractivity contribution in [2.75, 3.05) is 20.7 Å². The van der Waals surface area contributed by atoms with Crippen molar-refractivity contribution >= 4 is 0 Å². The van der Waals surface area contributed by atoms with Crippen molar-refractivity contribution in [3.63, 3.8) is 0 Å². The van der Waals surface area contributed by atoms with Gasteiger partial charge in [0.25, 0.3) is 0 Å². The van der Waals surface area contributed by atoms with Crippen molar-refractivity contribution in [1.82, 2.24) is 4.90 Å². The fourth-order valence-electron chi connectivity index (χ4n) is 2.20. The first-order valence-corrected chi connectivity index (χ1v) is 4.89. The highest BCUT2D eigenvalue weighted by Crippen LogP contribution is 2.30. The van der Waals surface area contributed by atoms with Crippen LogP contribution in [0.3, 0.4) is 0 Å². The Balaban J connectivity index is 2.64. The van der Waals surface area contributed by atoms with E-state index in [1.807, 2.05) is 7.11 Å². The average Bonchev–Trinajstić information content (AvgIpc) is 2.51. The van der Waals surface area contributed by atoms with E-state index in [-0.39, 0.29) is 5.60 Å². The van der Waals surface area contributed by atoms with E-state index in [0.717, 1.165) is 6.42 Å². The van der Waals surface area contributed by atoms with Crippen LogP contribution < -0.4 is 0 Å². The third-order valence-electron chi connectivity index (χ3n) is 3.39. The highest BCUT2D eigenvalue weighted by molar-refractivity contribution is 4.92. The van der Waals surface area contributed by atoms with Crippen LogP contribution in [-0.2, 0) is 4.74 Å². The minimum atomic E-state index is 0.0608. The first-order valence-electron chi connectivity index (χ1n) is 4.89. The van der Waals surface area contributed by atoms with Crippen LogP contribution in [0, 0.1) is 0 Å². The van der Waals surface area contributed by atoms with Gasteiger partial charge in [-0.15, -0.1) is 0 Å². The summed E-state index contributed by atoms with van der Waals surface area (Å²) in [4.78, 5) is 2.42. The second-order valence-corrected chi connectivity index (χ2v) is 4.01. The van der Waals surface area contributed by atoms with Gasteiger partial charge in [0.05, 0.1) is 5.60 Å². The fourth-order valence-corrected chi connectivity index (χ4v) is 2.20. The predicted octanol–water partition coefficient (Wildman–Crippen LogP) is 1.90. The number of likely N-dealkylation sites (tertiary alicyclic amines) is 1. The maximum atomic E-state index is 5.60. The van der Waals surface area contributed by atoms with E-state index in [4.69, 9.17) is 4.74 Å². The largest absolute Gasteiger partial charge is 0.377 e. The second-order valence-electron chi connectivity index (χ2n) is 4.01. The van der Waals surface area contributed by atoms with Crippen LogP contribution in [-0.4, -0.2) is 37.2 Å². The highest BCUT2D eigenvalue weighted by Gasteiger charge is 2.37. The van der Waals surface area contributed by atoms with Gasteiger partial charge in [-0.3, -0.25) is 0 Å². The van der Waals surface area contributed by atoms with E-state index < -0.39 is 0 Å². The Kier molecular flexibility index (Phi) is 3.13. The van der Waals surface area contributed by atoms with Crippen molar-refractivity contribution in [2.24, 2.45) is 0 Å². The molecule has 1 saturated heterocycles. The average molecular weight is 171 g/mol. The van der Waals surface area contributed by atoms with Gasteiger partial charge in [-0.2, -0.15) is 0 Å². The molecule has 2 heteroatoms. The molecule has 0 aromatic rings. The lowest BCUT2D eigenvalue weighted by atomic mass is 9.91. The first-order chi connectivity index (χ1) is 5.64. The SMILES string of the molecule is CC[C@@](C)(OC)[C@@H]1CCCN1C. The zero-order valence-corrected chi connectivity index (χ0v) is 8.76. The van der Waals surface area contributed by atoms with Crippen molar-refractivity contribution in [3.8, 4) is 0 Å². The topological polar surface area (TPSA) is 12.5 Å². The number of hydrogen-bond donors (Lipinski definition) is 0. The van der Waals surface area contributed by atoms with Crippen LogP contribution in [0.25, 0.3) is 0 Å². The summed E-state index contributed by atoms with van der Waals surface area (Å²) < 4.78 is 5.60. The Bertz CT molecular complexity index is 143. The summed E-state index contributed by atoms with van der Waals surface area (Å²) in [5.41, 5.74) is 0.0608. The Labute approximate surface area is 75.9 Å². The summed E-state index contributed by atoms with van der Waals surface area (Å²) in [5.74, 6) is 0. The Morgan fingerprint density at radius 3 is 2.58 bits per heavy atom. The molecule has 0 N–H and O–H groups in total. The predicted molar refractivity (Wildman–Crippen MR) is 51.4 cm³/mol. The molecule has 2 atom stereocenters. The molecule has 0 aromatic heterocycles. The van der Waals surface area contributed by atoms with E-state index in [1.165, 1.54) is 19.4 Å². The molecule has 1 fully saturated rings. The molecule has 0 amide bonds. The van der Waals surface area contributed by atoms with Crippen molar-refractivity contribution < 1.29 is 4.74 Å². The van der Waals surface area contributed by atoms with E-state index in [0.29, 0.717) is 6.04 Å². The monoisotopic (exact) mass is 171 g/mol. The summed E-state index contributed by atoms with van der Waals surface area (Å²) in [7, 11) is 4.03. The summed E-state index contributed by atoms with van der Waals surface area (Å²) >= 11 is 0. The number of rotatable bonds is 3. The number of ether oxygens (including phenoxy) is 1. The summed E-state index contributed by atoms with van der Waals surface area (Å²) in [6, 6.07) is 0.618. The van der Waals surface area contributed by atoms with Crippen molar-refractivity contribution in [1.29, 1.82) is 0 Å². The molecule has 72 valence electrons. The van der Waals surface area contributed by atoms with Gasteiger partial charge < -0.3 is 9.64 Å². The molecule has 0 saturated carbocycles. The number of likely N-dealkylation sites (N-methyl/N-ethyl adjacent to an activating group) is 1. The molecule has 1 aliphatic rings. The fraction of sp³-hybridized carbons (Fsp3) is 1.00. The smallest absolute Gasteiger partial charge is 0.0802 e. The minimum Gasteiger partial charge on any atom is -0.377 e. The van der Waals surface area contributed by atoms with Crippen LogP contribution >= 0.6 is 0 Å². The van der Waals surface area contributed by atoms with Crippen LogP contribution in [0.15, 0.2) is 0 Å². The maximum absolute atomic E-state index is 5.60. The van der Waals surface area contributed by atoms with Crippen molar-refractivity contribution in [3.05, 3.63) is 0 Å². The molecule has 12 heavy (non-hydrogen) atoms. The lowest BCUT2D eigenvalue weighted by Crippen LogP contribution is -2.47. The lowest BCUT2D eigenvalue weighted by molar-refractivity contribution is -0.0513. The molecule has 0 aromatic carbocycles. The van der Waals surface area contributed by atoms with E-state index >= 15 is 0 Å². The number of hydrogen-bond acceptors (Lipinski definition) is 2. The van der Waals surface area contributed by atoms with Gasteiger partial charge in [-0.1, -0.05) is 6.92 Å². The molecular formula is C10H21NO. The molecule has 0 unspecified atom stereocenters. The highest BCUT2D eigenvalue weighted by atomic mass is 16.5. The molecule has 0 aliphatic carbocycles. The van der Waals surface area contributed by atoms with E-state index in [1.54, 1.807) is 0 Å². The van der Waals surface area contributed by atoms with Crippen LogP contribution in [0.2, 0.25) is 0 Å². The lowest BCUT2D eigenvalue weighted by Gasteiger charge is -2.37. The normalized spacial score (nSPS) is 30.5. The van der Waals surface area contributed by atoms with Gasteiger partial charge in [0.2, 0.25) is 0 Å². The molecule has 1 heterocycles. The second kappa shape index (κ2) is 3.75. The van der Waals surface area contributed by atoms with Gasteiger partial charge in [0.15, 0.2) is 0 Å². The van der Waals surface area contributed by atoms with E-state index in [2.05, 4.69) is 25.8 Å². The standard InChI is InChI=1S/C10H21NO/c1-5-10(2,12-4)9-7-6-8-11(9)3/h9H,5-8H2,1-4H3/t9-,10+/m0/s1. The molecular weight excluding hydrogens is 150 g/mol. The Morgan fingerprint density at radius 1 is 1.58 bits per heavy atom. The van der Waals surface area contributed by atoms with Crippen molar-refractivity contribution in [2.45, 2.75) is 44.8 Å². The maximum Gasteiger partial charge on any atom is 0.0802 e.